The normalized spacial score (nSPS) is 21.4. The molecule has 1 aliphatic heterocycles. The van der Waals surface area contributed by atoms with E-state index in [2.05, 4.69) is 36.4 Å². The molecule has 1 saturated heterocycles. The lowest BCUT2D eigenvalue weighted by atomic mass is 9.99. The van der Waals surface area contributed by atoms with Crippen molar-refractivity contribution in [2.45, 2.75) is 31.6 Å². The van der Waals surface area contributed by atoms with Crippen LogP contribution in [0.15, 0.2) is 18.3 Å². The minimum absolute atomic E-state index is 0.538. The van der Waals surface area contributed by atoms with Gasteiger partial charge >= 0.3 is 0 Å². The maximum Gasteiger partial charge on any atom is 0.227 e. The van der Waals surface area contributed by atoms with E-state index in [0.29, 0.717) is 11.8 Å². The summed E-state index contributed by atoms with van der Waals surface area (Å²) in [5.41, 5.74) is 7.03. The number of aromatic amines is 1. The van der Waals surface area contributed by atoms with Gasteiger partial charge in [0.05, 0.1) is 0 Å². The van der Waals surface area contributed by atoms with E-state index in [1.807, 2.05) is 6.07 Å². The van der Waals surface area contributed by atoms with Crippen molar-refractivity contribution in [3.8, 4) is 0 Å². The standard InChI is InChI=1S/C16H23N7/c17-9-11-2-1-7-23(10-11)16-18-6-5-14(20-16)19-15-8-13(21-22-15)12-3-4-12/h5-6,8,11-12H,1-4,7,9-10,17H2,(H2,18,19,20,21,22). The van der Waals surface area contributed by atoms with Gasteiger partial charge in [0, 0.05) is 37.0 Å². The molecule has 2 aromatic rings. The van der Waals surface area contributed by atoms with Crippen molar-refractivity contribution in [2.24, 2.45) is 11.7 Å². The van der Waals surface area contributed by atoms with Crippen molar-refractivity contribution in [1.29, 1.82) is 0 Å². The first-order chi connectivity index (χ1) is 11.3. The Hall–Kier alpha value is -2.15. The van der Waals surface area contributed by atoms with Crippen LogP contribution in [0.1, 0.15) is 37.3 Å². The minimum atomic E-state index is 0.538. The quantitative estimate of drug-likeness (QED) is 0.781. The van der Waals surface area contributed by atoms with Gasteiger partial charge in [0.1, 0.15) is 5.82 Å². The maximum atomic E-state index is 5.82. The smallest absolute Gasteiger partial charge is 0.227 e. The Morgan fingerprint density at radius 1 is 1.30 bits per heavy atom. The van der Waals surface area contributed by atoms with E-state index in [9.17, 15) is 0 Å². The monoisotopic (exact) mass is 313 g/mol. The molecule has 1 unspecified atom stereocenters. The van der Waals surface area contributed by atoms with Gasteiger partial charge < -0.3 is 16.0 Å². The molecule has 2 fully saturated rings. The number of hydrogen-bond donors (Lipinski definition) is 3. The second kappa shape index (κ2) is 6.16. The van der Waals surface area contributed by atoms with E-state index in [1.165, 1.54) is 25.0 Å². The first-order valence-corrected chi connectivity index (χ1v) is 8.42. The van der Waals surface area contributed by atoms with Crippen molar-refractivity contribution in [1.82, 2.24) is 20.2 Å². The Morgan fingerprint density at radius 3 is 3.04 bits per heavy atom. The maximum absolute atomic E-state index is 5.82. The van der Waals surface area contributed by atoms with Crippen LogP contribution in [0.25, 0.3) is 0 Å². The zero-order valence-corrected chi connectivity index (χ0v) is 13.2. The molecule has 1 aliphatic carbocycles. The molecule has 0 spiro atoms. The number of nitrogens with two attached hydrogens (primary N) is 1. The highest BCUT2D eigenvalue weighted by Crippen LogP contribution is 2.39. The fourth-order valence-corrected chi connectivity index (χ4v) is 3.14. The molecule has 0 aromatic carbocycles. The number of nitrogens with one attached hydrogen (secondary N) is 2. The van der Waals surface area contributed by atoms with Gasteiger partial charge in [-0.25, -0.2) is 4.98 Å². The molecule has 0 radical (unpaired) electrons. The molecular weight excluding hydrogens is 290 g/mol. The van der Waals surface area contributed by atoms with Crippen LogP contribution in [-0.4, -0.2) is 39.8 Å². The molecule has 7 nitrogen and oxygen atoms in total. The van der Waals surface area contributed by atoms with E-state index >= 15 is 0 Å². The predicted octanol–water partition coefficient (Wildman–Crippen LogP) is 2.00. The molecule has 2 aliphatic rings. The number of hydrogen-bond acceptors (Lipinski definition) is 6. The van der Waals surface area contributed by atoms with Crippen LogP contribution in [0, 0.1) is 5.92 Å². The highest BCUT2D eigenvalue weighted by atomic mass is 15.3. The van der Waals surface area contributed by atoms with Crippen LogP contribution in [0.4, 0.5) is 17.6 Å². The number of aromatic nitrogens is 4. The third-order valence-electron chi connectivity index (χ3n) is 4.65. The number of H-pyrrole nitrogens is 1. The molecule has 2 aromatic heterocycles. The SMILES string of the molecule is NCC1CCCN(c2nccc(Nc3cc(C4CC4)[nH]n3)n2)C1. The molecule has 4 rings (SSSR count). The summed E-state index contributed by atoms with van der Waals surface area (Å²) >= 11 is 0. The van der Waals surface area contributed by atoms with Crippen LogP contribution in [-0.2, 0) is 0 Å². The summed E-state index contributed by atoms with van der Waals surface area (Å²) in [7, 11) is 0. The molecular formula is C16H23N7. The summed E-state index contributed by atoms with van der Waals surface area (Å²) in [5, 5.41) is 10.7. The molecule has 0 bridgehead atoms. The second-order valence-corrected chi connectivity index (χ2v) is 6.54. The summed E-state index contributed by atoms with van der Waals surface area (Å²) in [5.74, 6) is 3.57. The molecule has 1 atom stereocenters. The van der Waals surface area contributed by atoms with E-state index in [1.54, 1.807) is 6.20 Å². The Bertz CT molecular complexity index is 664. The average Bonchev–Trinajstić information content (AvgIpc) is 3.35. The van der Waals surface area contributed by atoms with Gasteiger partial charge in [-0.3, -0.25) is 5.10 Å². The molecule has 122 valence electrons. The predicted molar refractivity (Wildman–Crippen MR) is 89.9 cm³/mol. The largest absolute Gasteiger partial charge is 0.340 e. The zero-order chi connectivity index (χ0) is 15.6. The van der Waals surface area contributed by atoms with Crippen molar-refractivity contribution < 1.29 is 0 Å². The van der Waals surface area contributed by atoms with E-state index in [-0.39, 0.29) is 0 Å². The Kier molecular flexibility index (Phi) is 3.87. The summed E-state index contributed by atoms with van der Waals surface area (Å²) in [6, 6.07) is 3.95. The number of piperidine rings is 1. The summed E-state index contributed by atoms with van der Waals surface area (Å²) < 4.78 is 0. The lowest BCUT2D eigenvalue weighted by Gasteiger charge is -2.32. The van der Waals surface area contributed by atoms with Gasteiger partial charge in [0.2, 0.25) is 5.95 Å². The summed E-state index contributed by atoms with van der Waals surface area (Å²) in [6.45, 7) is 2.66. The van der Waals surface area contributed by atoms with Crippen LogP contribution in [0.2, 0.25) is 0 Å². The van der Waals surface area contributed by atoms with Gasteiger partial charge in [0.25, 0.3) is 0 Å². The third kappa shape index (κ3) is 3.29. The van der Waals surface area contributed by atoms with Crippen molar-refractivity contribution in [2.75, 3.05) is 29.9 Å². The third-order valence-corrected chi connectivity index (χ3v) is 4.65. The summed E-state index contributed by atoms with van der Waals surface area (Å²) in [4.78, 5) is 11.3. The average molecular weight is 313 g/mol. The molecule has 4 N–H and O–H groups in total. The van der Waals surface area contributed by atoms with Crippen molar-refractivity contribution in [3.63, 3.8) is 0 Å². The minimum Gasteiger partial charge on any atom is -0.340 e. The molecule has 0 amide bonds. The lowest BCUT2D eigenvalue weighted by Crippen LogP contribution is -2.39. The van der Waals surface area contributed by atoms with Crippen LogP contribution < -0.4 is 16.0 Å². The van der Waals surface area contributed by atoms with Crippen molar-refractivity contribution >= 4 is 17.6 Å². The molecule has 1 saturated carbocycles. The molecule has 7 heteroatoms. The second-order valence-electron chi connectivity index (χ2n) is 6.54. The fourth-order valence-electron chi connectivity index (χ4n) is 3.14. The Morgan fingerprint density at radius 2 is 2.22 bits per heavy atom. The number of rotatable bonds is 5. The Labute approximate surface area is 135 Å². The van der Waals surface area contributed by atoms with Crippen LogP contribution in [0.5, 0.6) is 0 Å². The summed E-state index contributed by atoms with van der Waals surface area (Å²) in [6.07, 6.45) is 6.66. The van der Waals surface area contributed by atoms with E-state index in [0.717, 1.165) is 43.6 Å². The first-order valence-electron chi connectivity index (χ1n) is 8.42. The Balaban J connectivity index is 1.46. The first kappa shape index (κ1) is 14.4. The molecule has 3 heterocycles. The fraction of sp³-hybridized carbons (Fsp3) is 0.562. The van der Waals surface area contributed by atoms with Gasteiger partial charge in [-0.15, -0.1) is 0 Å². The molecule has 23 heavy (non-hydrogen) atoms. The van der Waals surface area contributed by atoms with Gasteiger partial charge in [-0.2, -0.15) is 10.1 Å². The van der Waals surface area contributed by atoms with Crippen molar-refractivity contribution in [3.05, 3.63) is 24.0 Å². The lowest BCUT2D eigenvalue weighted by molar-refractivity contribution is 0.419. The zero-order valence-electron chi connectivity index (χ0n) is 13.2. The van der Waals surface area contributed by atoms with Gasteiger partial charge in [-0.05, 0) is 44.2 Å². The van der Waals surface area contributed by atoms with E-state index < -0.39 is 0 Å². The van der Waals surface area contributed by atoms with Gasteiger partial charge in [-0.1, -0.05) is 0 Å². The van der Waals surface area contributed by atoms with E-state index in [4.69, 9.17) is 5.73 Å². The van der Waals surface area contributed by atoms with Crippen LogP contribution in [0.3, 0.4) is 0 Å². The highest BCUT2D eigenvalue weighted by molar-refractivity contribution is 5.53. The highest BCUT2D eigenvalue weighted by Gasteiger charge is 2.25. The van der Waals surface area contributed by atoms with Crippen LogP contribution >= 0.6 is 0 Å². The number of nitrogens with zero attached hydrogens (tertiary/aromatic N) is 4. The topological polar surface area (TPSA) is 95.8 Å². The van der Waals surface area contributed by atoms with Gasteiger partial charge in [0.15, 0.2) is 5.82 Å². The number of anilines is 3.